The molecule has 2 N–H and O–H groups in total. The third kappa shape index (κ3) is 1.49. The van der Waals surface area contributed by atoms with Gasteiger partial charge in [0.15, 0.2) is 7.98 Å². The summed E-state index contributed by atoms with van der Waals surface area (Å²) in [5.41, 5.74) is 0. The predicted molar refractivity (Wildman–Crippen MR) is 34.8 cm³/mol. The van der Waals surface area contributed by atoms with Crippen LogP contribution in [0.3, 0.4) is 0 Å². The second-order valence-corrected chi connectivity index (χ2v) is 2.19. The molecule has 2 nitrogen and oxygen atoms in total. The Kier molecular flexibility index (Phi) is 2.37. The normalized spacial score (nSPS) is 23.5. The molecule has 0 aromatic carbocycles. The first kappa shape index (κ1) is 6.11. The number of piperidine rings is 1. The maximum Gasteiger partial charge on any atom is 0.178 e. The van der Waals surface area contributed by atoms with Gasteiger partial charge >= 0.3 is 0 Å². The topological polar surface area (TPSA) is 24.1 Å². The number of nitrogens with one attached hydrogen (secondary N) is 2. The van der Waals surface area contributed by atoms with Gasteiger partial charge in [-0.05, 0) is 32.0 Å². The summed E-state index contributed by atoms with van der Waals surface area (Å²) in [4.78, 5) is 0. The van der Waals surface area contributed by atoms with Crippen LogP contribution in [0.2, 0.25) is 0 Å². The minimum absolute atomic E-state index is 0.552. The van der Waals surface area contributed by atoms with Crippen molar-refractivity contribution in [3.8, 4) is 0 Å². The van der Waals surface area contributed by atoms with Crippen LogP contribution in [0.15, 0.2) is 0 Å². The summed E-state index contributed by atoms with van der Waals surface area (Å²) in [5.74, 6) is 0. The van der Waals surface area contributed by atoms with E-state index in [1.54, 1.807) is 0 Å². The van der Waals surface area contributed by atoms with Gasteiger partial charge in [-0.15, -0.1) is 0 Å². The van der Waals surface area contributed by atoms with E-state index in [2.05, 4.69) is 10.5 Å². The van der Waals surface area contributed by atoms with E-state index in [1.807, 2.05) is 0 Å². The zero-order chi connectivity index (χ0) is 5.82. The lowest BCUT2D eigenvalue weighted by molar-refractivity contribution is 0.436. The monoisotopic (exact) mass is 110 g/mol. The molecule has 1 aliphatic rings. The molecule has 1 saturated heterocycles. The van der Waals surface area contributed by atoms with Gasteiger partial charge in [-0.25, -0.2) is 0 Å². The Bertz CT molecular complexity index is 61.4. The largest absolute Gasteiger partial charge is 0.364 e. The number of hydrogen-bond donors (Lipinski definition) is 2. The van der Waals surface area contributed by atoms with Crippen LogP contribution in [-0.4, -0.2) is 27.1 Å². The van der Waals surface area contributed by atoms with Gasteiger partial charge in [-0.2, -0.15) is 0 Å². The molecule has 0 amide bonds. The molecule has 0 atom stereocenters. The molecule has 44 valence electrons. The molecule has 0 aliphatic carbocycles. The van der Waals surface area contributed by atoms with Crippen LogP contribution in [-0.2, 0) is 0 Å². The van der Waals surface area contributed by atoms with Crippen LogP contribution in [0.4, 0.5) is 0 Å². The first-order chi connectivity index (χ1) is 3.93. The van der Waals surface area contributed by atoms with Gasteiger partial charge in [0.05, 0.1) is 0 Å². The average Bonchev–Trinajstić information content (AvgIpc) is 1.90. The zero-order valence-corrected chi connectivity index (χ0v) is 4.98. The van der Waals surface area contributed by atoms with Crippen LogP contribution in [0.1, 0.15) is 12.8 Å². The Morgan fingerprint density at radius 3 is 2.38 bits per heavy atom. The summed E-state index contributed by atoms with van der Waals surface area (Å²) in [6.45, 7) is 2.21. The van der Waals surface area contributed by atoms with E-state index in [0.29, 0.717) is 6.04 Å². The van der Waals surface area contributed by atoms with Crippen molar-refractivity contribution >= 4 is 7.98 Å². The molecule has 8 heavy (non-hydrogen) atoms. The standard InChI is InChI=1S/C5H11BN2/c6-8-5-1-3-7-4-2-5/h5,7-8H,1-4H2. The van der Waals surface area contributed by atoms with Crippen molar-refractivity contribution in [3.05, 3.63) is 0 Å². The molecule has 2 radical (unpaired) electrons. The van der Waals surface area contributed by atoms with E-state index < -0.39 is 0 Å². The quantitative estimate of drug-likeness (QED) is 0.441. The molecule has 1 aliphatic heterocycles. The number of rotatable bonds is 1. The van der Waals surface area contributed by atoms with Crippen LogP contribution in [0.25, 0.3) is 0 Å². The minimum Gasteiger partial charge on any atom is -0.364 e. The number of hydrogen-bond acceptors (Lipinski definition) is 2. The summed E-state index contributed by atoms with van der Waals surface area (Å²) < 4.78 is 0. The Morgan fingerprint density at radius 2 is 2.00 bits per heavy atom. The van der Waals surface area contributed by atoms with Gasteiger partial charge < -0.3 is 10.5 Å². The summed E-state index contributed by atoms with van der Waals surface area (Å²) in [7, 11) is 5.23. The van der Waals surface area contributed by atoms with Gasteiger partial charge in [-0.3, -0.25) is 0 Å². The Morgan fingerprint density at radius 1 is 1.38 bits per heavy atom. The van der Waals surface area contributed by atoms with Crippen molar-refractivity contribution in [3.63, 3.8) is 0 Å². The van der Waals surface area contributed by atoms with Crippen molar-refractivity contribution in [1.29, 1.82) is 0 Å². The highest BCUT2D eigenvalue weighted by atomic mass is 14.9. The van der Waals surface area contributed by atoms with E-state index >= 15 is 0 Å². The molecule has 0 unspecified atom stereocenters. The highest BCUT2D eigenvalue weighted by Crippen LogP contribution is 1.99. The summed E-state index contributed by atoms with van der Waals surface area (Å²) in [6.07, 6.45) is 2.33. The smallest absolute Gasteiger partial charge is 0.178 e. The van der Waals surface area contributed by atoms with Crippen molar-refractivity contribution in [2.45, 2.75) is 18.9 Å². The van der Waals surface area contributed by atoms with E-state index in [-0.39, 0.29) is 0 Å². The van der Waals surface area contributed by atoms with Gasteiger partial charge in [0.2, 0.25) is 0 Å². The molecular formula is C5H11BN2. The maximum atomic E-state index is 5.23. The molecule has 1 rings (SSSR count). The zero-order valence-electron chi connectivity index (χ0n) is 4.98. The summed E-state index contributed by atoms with van der Waals surface area (Å²) in [6, 6.07) is 0.552. The van der Waals surface area contributed by atoms with Crippen molar-refractivity contribution in [1.82, 2.24) is 10.5 Å². The first-order valence-electron chi connectivity index (χ1n) is 3.10. The lowest BCUT2D eigenvalue weighted by Gasteiger charge is -2.21. The molecule has 0 saturated carbocycles. The fraction of sp³-hybridized carbons (Fsp3) is 1.00. The molecule has 1 fully saturated rings. The highest BCUT2D eigenvalue weighted by molar-refractivity contribution is 6.04. The van der Waals surface area contributed by atoms with Crippen molar-refractivity contribution < 1.29 is 0 Å². The van der Waals surface area contributed by atoms with Gasteiger partial charge in [0.1, 0.15) is 0 Å². The molecule has 1 heterocycles. The van der Waals surface area contributed by atoms with Crippen LogP contribution in [0.5, 0.6) is 0 Å². The molecule has 0 aromatic heterocycles. The van der Waals surface area contributed by atoms with E-state index in [4.69, 9.17) is 7.98 Å². The Balaban J connectivity index is 2.13. The molecule has 0 spiro atoms. The highest BCUT2D eigenvalue weighted by Gasteiger charge is 2.08. The molecular weight excluding hydrogens is 98.9 g/mol. The third-order valence-electron chi connectivity index (χ3n) is 1.57. The van der Waals surface area contributed by atoms with E-state index in [9.17, 15) is 0 Å². The minimum atomic E-state index is 0.552. The lowest BCUT2D eigenvalue weighted by atomic mass is 10.1. The Labute approximate surface area is 51.5 Å². The third-order valence-corrected chi connectivity index (χ3v) is 1.57. The SMILES string of the molecule is [B]NC1CCNCC1. The molecule has 3 heteroatoms. The van der Waals surface area contributed by atoms with E-state index in [1.165, 1.54) is 0 Å². The predicted octanol–water partition coefficient (Wildman–Crippen LogP) is -0.589. The average molecular weight is 110 g/mol. The van der Waals surface area contributed by atoms with E-state index in [0.717, 1.165) is 25.9 Å². The maximum absolute atomic E-state index is 5.23. The molecule has 0 bridgehead atoms. The Hall–Kier alpha value is -0.0151. The molecule has 0 aromatic rings. The summed E-state index contributed by atoms with van der Waals surface area (Å²) in [5, 5.41) is 6.02. The van der Waals surface area contributed by atoms with Crippen LogP contribution >= 0.6 is 0 Å². The second kappa shape index (κ2) is 3.10. The van der Waals surface area contributed by atoms with Crippen molar-refractivity contribution in [2.75, 3.05) is 13.1 Å². The second-order valence-electron chi connectivity index (χ2n) is 2.19. The fourth-order valence-electron chi connectivity index (χ4n) is 0.989. The fourth-order valence-corrected chi connectivity index (χ4v) is 0.989. The lowest BCUT2D eigenvalue weighted by Crippen LogP contribution is -2.38. The van der Waals surface area contributed by atoms with Crippen molar-refractivity contribution in [2.24, 2.45) is 0 Å². The van der Waals surface area contributed by atoms with Crippen LogP contribution in [0, 0.1) is 0 Å². The van der Waals surface area contributed by atoms with Crippen LogP contribution < -0.4 is 10.5 Å². The van der Waals surface area contributed by atoms with Gasteiger partial charge in [0, 0.05) is 0 Å². The van der Waals surface area contributed by atoms with Gasteiger partial charge in [-0.1, -0.05) is 0 Å². The first-order valence-corrected chi connectivity index (χ1v) is 3.10. The summed E-state index contributed by atoms with van der Waals surface area (Å²) >= 11 is 0. The van der Waals surface area contributed by atoms with Gasteiger partial charge in [0.25, 0.3) is 0 Å².